The average molecular weight is 391 g/mol. The third-order valence-electron chi connectivity index (χ3n) is 5.62. The molecule has 0 atom stereocenters. The third-order valence-corrected chi connectivity index (χ3v) is 5.87. The summed E-state index contributed by atoms with van der Waals surface area (Å²) in [6.45, 7) is 3.03. The zero-order chi connectivity index (χ0) is 18.9. The van der Waals surface area contributed by atoms with Crippen molar-refractivity contribution in [3.63, 3.8) is 0 Å². The van der Waals surface area contributed by atoms with Gasteiger partial charge in [-0.25, -0.2) is 9.97 Å². The van der Waals surface area contributed by atoms with Crippen molar-refractivity contribution in [3.05, 3.63) is 59.1 Å². The molecule has 0 unspecified atom stereocenters. The van der Waals surface area contributed by atoms with Gasteiger partial charge in [-0.2, -0.15) is 0 Å². The van der Waals surface area contributed by atoms with Crippen LogP contribution in [0.5, 0.6) is 0 Å². The molecule has 3 heterocycles. The number of hydrogen-bond donors (Lipinski definition) is 1. The zero-order valence-corrected chi connectivity index (χ0v) is 16.5. The Balaban J connectivity index is 1.73. The van der Waals surface area contributed by atoms with Crippen LogP contribution in [0.2, 0.25) is 5.02 Å². The number of benzene rings is 2. The summed E-state index contributed by atoms with van der Waals surface area (Å²) < 4.78 is 0. The van der Waals surface area contributed by atoms with Gasteiger partial charge in [0.25, 0.3) is 0 Å². The molecule has 5 heteroatoms. The highest BCUT2D eigenvalue weighted by Crippen LogP contribution is 2.38. The molecule has 0 amide bonds. The fourth-order valence-electron chi connectivity index (χ4n) is 4.19. The maximum absolute atomic E-state index is 6.10. The monoisotopic (exact) mass is 390 g/mol. The van der Waals surface area contributed by atoms with E-state index in [1.807, 2.05) is 24.3 Å². The topological polar surface area (TPSA) is 41.1 Å². The lowest BCUT2D eigenvalue weighted by atomic mass is 10.0. The molecular weight excluding hydrogens is 368 g/mol. The van der Waals surface area contributed by atoms with Gasteiger partial charge in [0, 0.05) is 47.0 Å². The van der Waals surface area contributed by atoms with Crippen LogP contribution in [-0.2, 0) is 6.42 Å². The van der Waals surface area contributed by atoms with Crippen LogP contribution in [0, 0.1) is 0 Å². The van der Waals surface area contributed by atoms with Crippen molar-refractivity contribution in [2.45, 2.75) is 25.7 Å². The number of aromatic nitrogens is 2. The van der Waals surface area contributed by atoms with Crippen LogP contribution in [-0.4, -0.2) is 29.6 Å². The van der Waals surface area contributed by atoms with Crippen LogP contribution in [0.3, 0.4) is 0 Å². The molecular formula is C23H23ClN4. The fraction of sp³-hybridized carbons (Fsp3) is 0.304. The van der Waals surface area contributed by atoms with E-state index in [1.165, 1.54) is 24.8 Å². The summed E-state index contributed by atoms with van der Waals surface area (Å²) in [6, 6.07) is 16.3. The van der Waals surface area contributed by atoms with Gasteiger partial charge in [-0.05, 0) is 56.0 Å². The molecule has 28 heavy (non-hydrogen) atoms. The maximum Gasteiger partial charge on any atom is 0.162 e. The first-order valence-electron chi connectivity index (χ1n) is 10.0. The molecule has 0 spiro atoms. The first-order valence-corrected chi connectivity index (χ1v) is 10.4. The van der Waals surface area contributed by atoms with Gasteiger partial charge in [0.2, 0.25) is 0 Å². The summed E-state index contributed by atoms with van der Waals surface area (Å²) in [5.41, 5.74) is 5.62. The predicted octanol–water partition coefficient (Wildman–Crippen LogP) is 5.42. The standard InChI is InChI=1S/C23H23ClN4/c24-17-10-8-16(9-11-17)22-26-21-18-6-2-3-7-20(18)25-13-12-19(21)23(27-22)28-14-4-1-5-15-28/h2-3,6-11,25H,1,4-5,12-15H2. The molecule has 4 nitrogen and oxygen atoms in total. The lowest BCUT2D eigenvalue weighted by Gasteiger charge is -2.30. The van der Waals surface area contributed by atoms with Gasteiger partial charge in [0.15, 0.2) is 5.82 Å². The lowest BCUT2D eigenvalue weighted by Crippen LogP contribution is -2.31. The molecule has 142 valence electrons. The third kappa shape index (κ3) is 3.22. The summed E-state index contributed by atoms with van der Waals surface area (Å²) >= 11 is 6.10. The number of fused-ring (bicyclic) bond motifs is 3. The highest BCUT2D eigenvalue weighted by Gasteiger charge is 2.25. The fourth-order valence-corrected chi connectivity index (χ4v) is 4.31. The van der Waals surface area contributed by atoms with Crippen molar-refractivity contribution in [2.75, 3.05) is 29.9 Å². The van der Waals surface area contributed by atoms with E-state index < -0.39 is 0 Å². The minimum absolute atomic E-state index is 0.726. The Bertz CT molecular complexity index is 994. The number of anilines is 2. The first-order chi connectivity index (χ1) is 13.8. The molecule has 5 rings (SSSR count). The van der Waals surface area contributed by atoms with Gasteiger partial charge in [0.05, 0.1) is 5.69 Å². The van der Waals surface area contributed by atoms with E-state index in [4.69, 9.17) is 21.6 Å². The highest BCUT2D eigenvalue weighted by atomic mass is 35.5. The molecule has 1 fully saturated rings. The Hall–Kier alpha value is -2.59. The van der Waals surface area contributed by atoms with E-state index in [-0.39, 0.29) is 0 Å². The van der Waals surface area contributed by atoms with Gasteiger partial charge in [-0.1, -0.05) is 29.8 Å². The molecule has 2 aromatic carbocycles. The molecule has 2 aliphatic heterocycles. The maximum atomic E-state index is 6.10. The van der Waals surface area contributed by atoms with E-state index in [0.29, 0.717) is 0 Å². The second kappa shape index (κ2) is 7.44. The van der Waals surface area contributed by atoms with Crippen LogP contribution >= 0.6 is 11.6 Å². The van der Waals surface area contributed by atoms with Crippen LogP contribution in [0.25, 0.3) is 22.6 Å². The van der Waals surface area contributed by atoms with Crippen molar-refractivity contribution in [2.24, 2.45) is 0 Å². The number of rotatable bonds is 2. The largest absolute Gasteiger partial charge is 0.384 e. The van der Waals surface area contributed by atoms with Crippen LogP contribution < -0.4 is 10.2 Å². The molecule has 0 aliphatic carbocycles. The van der Waals surface area contributed by atoms with E-state index in [0.717, 1.165) is 65.2 Å². The summed E-state index contributed by atoms with van der Waals surface area (Å²) in [7, 11) is 0. The Morgan fingerprint density at radius 3 is 2.50 bits per heavy atom. The molecule has 3 aromatic rings. The van der Waals surface area contributed by atoms with Gasteiger partial charge in [-0.15, -0.1) is 0 Å². The van der Waals surface area contributed by atoms with Gasteiger partial charge in [-0.3, -0.25) is 0 Å². The zero-order valence-electron chi connectivity index (χ0n) is 15.8. The average Bonchev–Trinajstić information content (AvgIpc) is 2.94. The molecule has 1 N–H and O–H groups in total. The Morgan fingerprint density at radius 2 is 1.68 bits per heavy atom. The predicted molar refractivity (Wildman–Crippen MR) is 116 cm³/mol. The van der Waals surface area contributed by atoms with Gasteiger partial charge >= 0.3 is 0 Å². The Labute approximate surface area is 170 Å². The number of piperidine rings is 1. The highest BCUT2D eigenvalue weighted by molar-refractivity contribution is 6.30. The van der Waals surface area contributed by atoms with Crippen molar-refractivity contribution in [1.82, 2.24) is 9.97 Å². The Kier molecular flexibility index (Phi) is 4.65. The summed E-state index contributed by atoms with van der Waals surface area (Å²) in [6.07, 6.45) is 4.68. The van der Waals surface area contributed by atoms with Crippen molar-refractivity contribution < 1.29 is 0 Å². The number of nitrogens with zero attached hydrogens (tertiary/aromatic N) is 3. The molecule has 1 saturated heterocycles. The van der Waals surface area contributed by atoms with E-state index >= 15 is 0 Å². The lowest BCUT2D eigenvalue weighted by molar-refractivity contribution is 0.571. The van der Waals surface area contributed by atoms with Crippen molar-refractivity contribution in [1.29, 1.82) is 0 Å². The van der Waals surface area contributed by atoms with Gasteiger partial charge < -0.3 is 10.2 Å². The van der Waals surface area contributed by atoms with Crippen molar-refractivity contribution in [3.8, 4) is 22.6 Å². The second-order valence-electron chi connectivity index (χ2n) is 7.47. The summed E-state index contributed by atoms with van der Waals surface area (Å²) in [5.74, 6) is 1.88. The van der Waals surface area contributed by atoms with Crippen molar-refractivity contribution >= 4 is 23.1 Å². The summed E-state index contributed by atoms with van der Waals surface area (Å²) in [5, 5.41) is 4.29. The Morgan fingerprint density at radius 1 is 0.893 bits per heavy atom. The number of nitrogens with one attached hydrogen (secondary N) is 1. The normalized spacial score (nSPS) is 16.0. The minimum atomic E-state index is 0.726. The SMILES string of the molecule is Clc1ccc(-c2nc3c(c(N4CCCCC4)n2)CCNc2ccccc2-3)cc1. The van der Waals surface area contributed by atoms with E-state index in [1.54, 1.807) is 0 Å². The smallest absolute Gasteiger partial charge is 0.162 e. The van der Waals surface area contributed by atoms with Crippen LogP contribution in [0.4, 0.5) is 11.5 Å². The minimum Gasteiger partial charge on any atom is -0.384 e. The quantitative estimate of drug-likeness (QED) is 0.634. The van der Waals surface area contributed by atoms with E-state index in [9.17, 15) is 0 Å². The molecule has 0 bridgehead atoms. The molecule has 0 radical (unpaired) electrons. The van der Waals surface area contributed by atoms with Crippen LogP contribution in [0.15, 0.2) is 48.5 Å². The number of para-hydroxylation sites is 1. The number of halogens is 1. The second-order valence-corrected chi connectivity index (χ2v) is 7.91. The van der Waals surface area contributed by atoms with Gasteiger partial charge in [0.1, 0.15) is 5.82 Å². The molecule has 1 aromatic heterocycles. The first kappa shape index (κ1) is 17.5. The van der Waals surface area contributed by atoms with Crippen LogP contribution in [0.1, 0.15) is 24.8 Å². The van der Waals surface area contributed by atoms with E-state index in [2.05, 4.69) is 34.5 Å². The molecule has 0 saturated carbocycles. The number of hydrogen-bond acceptors (Lipinski definition) is 4. The molecule has 2 aliphatic rings. The summed E-state index contributed by atoms with van der Waals surface area (Å²) in [4.78, 5) is 12.6.